The first-order valence-electron chi connectivity index (χ1n) is 12.7. The molecular weight excluding hydrogens is 904 g/mol. The summed E-state index contributed by atoms with van der Waals surface area (Å²) in [6.45, 7) is 0. The van der Waals surface area contributed by atoms with Gasteiger partial charge in [0.1, 0.15) is 0 Å². The molecule has 47 heavy (non-hydrogen) atoms. The first-order valence-corrected chi connectivity index (χ1v) is 22.3. The standard InChI is InChI=1S/C18H15S.C12H10I.CHF3O3S.6FH.Sb/c1-4-10-16(11-5-1)19(17-12-6-2-7-13-17)18-14-8-3-9-15-18;1-3-7-11(8-4-1)13-12-9-5-2-6-10-12;2-1(3,4)8(5,6)7;;;;;;;/h1-15H;1-10H;(H,5,6,7);6*1H;/q2*+1;;;;;;;;+5/p-7. The summed E-state index contributed by atoms with van der Waals surface area (Å²) in [5.41, 5.74) is -5.65. The Morgan fingerprint density at radius 1 is 0.511 bits per heavy atom. The monoisotopic (exact) mass is 928 g/mol. The van der Waals surface area contributed by atoms with Crippen LogP contribution in [0.15, 0.2) is 166 Å². The maximum Gasteiger partial charge on any atom is 0.357 e. The number of halogens is 10. The minimum atomic E-state index is -9.19. The molecule has 0 heterocycles. The van der Waals surface area contributed by atoms with Gasteiger partial charge in [0.05, 0.1) is 10.9 Å². The van der Waals surface area contributed by atoms with Crippen LogP contribution in [0.2, 0.25) is 0 Å². The number of alkyl halides is 3. The summed E-state index contributed by atoms with van der Waals surface area (Å²) >= 11 is -9.16. The minimum absolute atomic E-state index is 0. The smallest absolute Gasteiger partial charge is 0.0619 e. The zero-order valence-electron chi connectivity index (χ0n) is 23.7. The Bertz CT molecular complexity index is 1530. The molecule has 0 aliphatic heterocycles. The zero-order chi connectivity index (χ0) is 34.3. The van der Waals surface area contributed by atoms with Crippen molar-refractivity contribution >= 4 is 41.3 Å². The minimum Gasteiger partial charge on any atom is -0.0619 e. The third-order valence-electron chi connectivity index (χ3n) is 4.90. The summed E-state index contributed by atoms with van der Waals surface area (Å²) in [6.07, 6.45) is 0. The SMILES string of the molecule is O=S(=O)([O-])C(F)(F)F.[F-].[F][Sb]([F])([F])([F])[F].c1ccc([I+]c2ccccc2)cc1.c1ccc([S+](c2ccccc2)c2ccccc2)cc1. The van der Waals surface area contributed by atoms with Gasteiger partial charge in [0, 0.05) is 0 Å². The normalized spacial score (nSPS) is 11.8. The third-order valence-corrected chi connectivity index (χ3v) is 10.4. The van der Waals surface area contributed by atoms with Crippen LogP contribution >= 0.6 is 0 Å². The number of rotatable bonds is 5. The Labute approximate surface area is 284 Å². The van der Waals surface area contributed by atoms with Crippen LogP contribution in [0.25, 0.3) is 0 Å². The van der Waals surface area contributed by atoms with E-state index < -0.39 is 35.9 Å². The van der Waals surface area contributed by atoms with E-state index in [2.05, 4.69) is 152 Å². The van der Waals surface area contributed by atoms with Crippen LogP contribution in [-0.4, -0.2) is 38.8 Å². The maximum absolute atomic E-state index is 10.7. The summed E-state index contributed by atoms with van der Waals surface area (Å²) in [6, 6.07) is 53.6. The Morgan fingerprint density at radius 2 is 0.702 bits per heavy atom. The molecule has 0 amide bonds. The molecule has 0 aliphatic carbocycles. The molecule has 5 rings (SSSR count). The van der Waals surface area contributed by atoms with Gasteiger partial charge in [0.25, 0.3) is 0 Å². The van der Waals surface area contributed by atoms with Crippen LogP contribution in [0.1, 0.15) is 0 Å². The van der Waals surface area contributed by atoms with Crippen molar-refractivity contribution in [3.05, 3.63) is 159 Å². The number of hydrogen-bond acceptors (Lipinski definition) is 3. The molecule has 0 atom stereocenters. The molecule has 254 valence electrons. The summed E-state index contributed by atoms with van der Waals surface area (Å²) in [7, 11) is -6.10. The summed E-state index contributed by atoms with van der Waals surface area (Å²) in [5, 5.41) is 0. The fourth-order valence-electron chi connectivity index (χ4n) is 3.16. The van der Waals surface area contributed by atoms with Gasteiger partial charge in [-0.2, -0.15) is 13.2 Å². The van der Waals surface area contributed by atoms with E-state index in [1.807, 2.05) is 0 Å². The van der Waals surface area contributed by atoms with Gasteiger partial charge in [-0.15, -0.1) is 0 Å². The number of benzene rings is 5. The van der Waals surface area contributed by atoms with Crippen molar-refractivity contribution in [2.75, 3.05) is 0 Å². The van der Waals surface area contributed by atoms with E-state index in [0.717, 1.165) is 0 Å². The molecule has 0 radical (unpaired) electrons. The number of hydrogen-bond donors (Lipinski definition) is 0. The predicted molar refractivity (Wildman–Crippen MR) is 159 cm³/mol. The molecule has 0 aliphatic rings. The van der Waals surface area contributed by atoms with Crippen molar-refractivity contribution in [3.63, 3.8) is 0 Å². The molecule has 5 aromatic rings. The Balaban J connectivity index is 0.000000344. The van der Waals surface area contributed by atoms with Crippen LogP contribution in [-0.2, 0) is 21.0 Å². The van der Waals surface area contributed by atoms with Crippen molar-refractivity contribution in [2.45, 2.75) is 20.2 Å². The van der Waals surface area contributed by atoms with Gasteiger partial charge in [-0.3, -0.25) is 0 Å². The van der Waals surface area contributed by atoms with Crippen LogP contribution in [0.5, 0.6) is 0 Å². The maximum atomic E-state index is 10.7. The predicted octanol–water partition coefficient (Wildman–Crippen LogP) is 3.37. The molecule has 0 fully saturated rings. The second-order valence-corrected chi connectivity index (χ2v) is 18.5. The molecular formula is C31H25F9IO3S2Sb. The molecule has 0 bridgehead atoms. The van der Waals surface area contributed by atoms with Crippen molar-refractivity contribution in [3.8, 4) is 0 Å². The van der Waals surface area contributed by atoms with E-state index in [9.17, 15) is 27.2 Å². The molecule has 0 unspecified atom stereocenters. The van der Waals surface area contributed by atoms with Crippen LogP contribution < -0.4 is 25.9 Å². The van der Waals surface area contributed by atoms with Gasteiger partial charge in [-0.1, -0.05) is 91.0 Å². The third kappa shape index (κ3) is 19.0. The van der Waals surface area contributed by atoms with Crippen molar-refractivity contribution < 1.29 is 66.1 Å². The molecule has 5 aromatic carbocycles. The molecule has 0 N–H and O–H groups in total. The fraction of sp³-hybridized carbons (Fsp3) is 0.0323. The van der Waals surface area contributed by atoms with E-state index in [4.69, 9.17) is 13.0 Å². The van der Waals surface area contributed by atoms with Gasteiger partial charge in [-0.25, -0.2) is 8.42 Å². The Morgan fingerprint density at radius 3 is 0.894 bits per heavy atom. The molecule has 0 saturated carbocycles. The van der Waals surface area contributed by atoms with Gasteiger partial charge in [0.15, 0.2) is 31.9 Å². The topological polar surface area (TPSA) is 57.2 Å². The summed E-state index contributed by atoms with van der Waals surface area (Å²) in [4.78, 5) is 4.08. The van der Waals surface area contributed by atoms with E-state index in [1.54, 1.807) is 0 Å². The second-order valence-electron chi connectivity index (χ2n) is 8.47. The van der Waals surface area contributed by atoms with E-state index in [1.165, 1.54) is 21.8 Å². The fourth-order valence-corrected chi connectivity index (χ4v) is 7.53. The second kappa shape index (κ2) is 19.3. The molecule has 0 spiro atoms. The van der Waals surface area contributed by atoms with E-state index in [-0.39, 0.29) is 36.8 Å². The first-order chi connectivity index (χ1) is 21.4. The van der Waals surface area contributed by atoms with Crippen LogP contribution in [0, 0.1) is 7.14 Å². The average Bonchev–Trinajstić information content (AvgIpc) is 2.99. The van der Waals surface area contributed by atoms with Crippen molar-refractivity contribution in [2.24, 2.45) is 0 Å². The van der Waals surface area contributed by atoms with Crippen molar-refractivity contribution in [1.29, 1.82) is 0 Å². The zero-order valence-corrected chi connectivity index (χ0v) is 30.0. The Kier molecular flexibility index (Phi) is 17.4. The quantitative estimate of drug-likeness (QED) is 0.0680. The van der Waals surface area contributed by atoms with Gasteiger partial charge in [-0.05, 0) is 60.7 Å². The molecule has 0 aromatic heterocycles. The van der Waals surface area contributed by atoms with Crippen LogP contribution in [0.4, 0.5) is 27.2 Å². The summed E-state index contributed by atoms with van der Waals surface area (Å²) in [5.74, 6) is 0. The largest absolute Gasteiger partial charge is 0.357 e. The van der Waals surface area contributed by atoms with E-state index >= 15 is 0 Å². The summed E-state index contributed by atoms with van der Waals surface area (Å²) < 4.78 is 111. The average molecular weight is 929 g/mol. The van der Waals surface area contributed by atoms with E-state index in [0.29, 0.717) is 0 Å². The van der Waals surface area contributed by atoms with Gasteiger partial charge >= 0.3 is 61.1 Å². The first kappa shape index (κ1) is 42.3. The van der Waals surface area contributed by atoms with Crippen LogP contribution in [0.3, 0.4) is 0 Å². The van der Waals surface area contributed by atoms with Gasteiger partial charge < -0.3 is 9.26 Å². The van der Waals surface area contributed by atoms with Crippen molar-refractivity contribution in [1.82, 2.24) is 0 Å². The van der Waals surface area contributed by atoms with Gasteiger partial charge in [0.2, 0.25) is 0 Å². The Hall–Kier alpha value is -2.72. The molecule has 16 heteroatoms. The molecule has 0 saturated heterocycles. The molecule has 3 nitrogen and oxygen atoms in total.